The Labute approximate surface area is 222 Å². The third kappa shape index (κ3) is 6.17. The lowest BCUT2D eigenvalue weighted by Gasteiger charge is -2.19. The maximum atomic E-state index is 13.6. The molecule has 1 unspecified atom stereocenters. The second-order valence-electron chi connectivity index (χ2n) is 9.37. The molecule has 0 spiro atoms. The van der Waals surface area contributed by atoms with Crippen molar-refractivity contribution in [3.05, 3.63) is 137 Å². The van der Waals surface area contributed by atoms with E-state index in [0.717, 1.165) is 39.7 Å². The van der Waals surface area contributed by atoms with Crippen LogP contribution < -0.4 is 5.32 Å². The molecule has 4 nitrogen and oxygen atoms in total. The Kier molecular flexibility index (Phi) is 7.45. The average molecular weight is 532 g/mol. The lowest BCUT2D eigenvalue weighted by molar-refractivity contribution is -0.137. The van der Waals surface area contributed by atoms with E-state index in [1.54, 1.807) is 42.7 Å². The normalized spacial score (nSPS) is 12.4. The van der Waals surface area contributed by atoms with Crippen molar-refractivity contribution < 1.29 is 22.4 Å². The van der Waals surface area contributed by atoms with E-state index in [9.17, 15) is 22.4 Å². The van der Waals surface area contributed by atoms with Crippen molar-refractivity contribution in [3.8, 4) is 0 Å². The molecule has 0 aliphatic carbocycles. The van der Waals surface area contributed by atoms with Gasteiger partial charge in [0.2, 0.25) is 5.91 Å². The van der Waals surface area contributed by atoms with E-state index in [1.807, 2.05) is 35.0 Å². The molecule has 5 aromatic rings. The lowest BCUT2D eigenvalue weighted by atomic mass is 9.87. The standard InChI is InChI=1S/C31H25F4N3O/c32-25-10-8-22(9-11-25)19-38-20-28(26-6-1-2-7-29(26)38)27(23-4-3-5-24(16-23)31(33,34)35)17-30(39)37-18-21-12-14-36-15-13-21/h1-16,20,27H,17-19H2,(H,37,39). The number of pyridine rings is 1. The molecule has 8 heteroatoms. The van der Waals surface area contributed by atoms with Crippen molar-refractivity contribution in [1.82, 2.24) is 14.9 Å². The molecule has 5 rings (SSSR count). The molecule has 3 aromatic carbocycles. The van der Waals surface area contributed by atoms with Crippen molar-refractivity contribution in [2.75, 3.05) is 0 Å². The summed E-state index contributed by atoms with van der Waals surface area (Å²) in [4.78, 5) is 17.1. The molecule has 39 heavy (non-hydrogen) atoms. The summed E-state index contributed by atoms with van der Waals surface area (Å²) in [6, 6.07) is 22.5. The largest absolute Gasteiger partial charge is 0.416 e. The fourth-order valence-corrected chi connectivity index (χ4v) is 4.77. The molecule has 0 saturated carbocycles. The third-order valence-electron chi connectivity index (χ3n) is 6.71. The minimum Gasteiger partial charge on any atom is -0.352 e. The topological polar surface area (TPSA) is 46.9 Å². The highest BCUT2D eigenvalue weighted by Crippen LogP contribution is 2.38. The fraction of sp³-hybridized carbons (Fsp3) is 0.161. The van der Waals surface area contributed by atoms with Gasteiger partial charge in [0.1, 0.15) is 5.82 Å². The predicted molar refractivity (Wildman–Crippen MR) is 141 cm³/mol. The first-order valence-electron chi connectivity index (χ1n) is 12.4. The molecule has 1 amide bonds. The molecule has 0 radical (unpaired) electrons. The zero-order valence-corrected chi connectivity index (χ0v) is 20.8. The SMILES string of the molecule is O=C(CC(c1cccc(C(F)(F)F)c1)c1cn(Cc2ccc(F)cc2)c2ccccc12)NCc1ccncc1. The van der Waals surface area contributed by atoms with Crippen LogP contribution in [0.3, 0.4) is 0 Å². The van der Waals surface area contributed by atoms with Gasteiger partial charge in [-0.05, 0) is 58.7 Å². The van der Waals surface area contributed by atoms with Gasteiger partial charge in [0.25, 0.3) is 0 Å². The average Bonchev–Trinajstić information content (AvgIpc) is 3.30. The van der Waals surface area contributed by atoms with Crippen LogP contribution in [0.1, 0.15) is 40.2 Å². The molecule has 198 valence electrons. The molecular formula is C31H25F4N3O. The molecular weight excluding hydrogens is 506 g/mol. The van der Waals surface area contributed by atoms with Crippen molar-refractivity contribution >= 4 is 16.8 Å². The summed E-state index contributed by atoms with van der Waals surface area (Å²) in [5, 5.41) is 3.72. The molecule has 0 aliphatic rings. The summed E-state index contributed by atoms with van der Waals surface area (Å²) >= 11 is 0. The Balaban J connectivity index is 1.53. The quantitative estimate of drug-likeness (QED) is 0.218. The first-order chi connectivity index (χ1) is 18.8. The van der Waals surface area contributed by atoms with Crippen LogP contribution in [0.15, 0.2) is 104 Å². The van der Waals surface area contributed by atoms with Gasteiger partial charge in [-0.15, -0.1) is 0 Å². The minimum absolute atomic E-state index is 0.0447. The Morgan fingerprint density at radius 1 is 0.897 bits per heavy atom. The Morgan fingerprint density at radius 2 is 1.64 bits per heavy atom. The fourth-order valence-electron chi connectivity index (χ4n) is 4.77. The number of benzene rings is 3. The number of carbonyl (C=O) groups excluding carboxylic acids is 1. The van der Waals surface area contributed by atoms with E-state index in [4.69, 9.17) is 0 Å². The van der Waals surface area contributed by atoms with E-state index in [2.05, 4.69) is 10.3 Å². The van der Waals surface area contributed by atoms with Crippen molar-refractivity contribution in [3.63, 3.8) is 0 Å². The van der Waals surface area contributed by atoms with Crippen LogP contribution in [0.2, 0.25) is 0 Å². The highest BCUT2D eigenvalue weighted by molar-refractivity contribution is 5.87. The van der Waals surface area contributed by atoms with Crippen LogP contribution in [-0.4, -0.2) is 15.5 Å². The van der Waals surface area contributed by atoms with Crippen molar-refractivity contribution in [2.45, 2.75) is 31.6 Å². The van der Waals surface area contributed by atoms with Gasteiger partial charge >= 0.3 is 6.18 Å². The van der Waals surface area contributed by atoms with Crippen molar-refractivity contribution in [2.24, 2.45) is 0 Å². The summed E-state index contributed by atoms with van der Waals surface area (Å²) in [5.74, 6) is -1.26. The first-order valence-corrected chi connectivity index (χ1v) is 12.4. The van der Waals surface area contributed by atoms with E-state index >= 15 is 0 Å². The van der Waals surface area contributed by atoms with Gasteiger partial charge in [0, 0.05) is 54.9 Å². The summed E-state index contributed by atoms with van der Waals surface area (Å²) in [5.41, 5.74) is 2.97. The minimum atomic E-state index is -4.51. The Bertz CT molecular complexity index is 1580. The number of halogens is 4. The summed E-state index contributed by atoms with van der Waals surface area (Å²) < 4.78 is 56.3. The van der Waals surface area contributed by atoms with E-state index in [-0.39, 0.29) is 24.7 Å². The molecule has 2 heterocycles. The van der Waals surface area contributed by atoms with Crippen LogP contribution >= 0.6 is 0 Å². The van der Waals surface area contributed by atoms with Gasteiger partial charge in [0.15, 0.2) is 0 Å². The second kappa shape index (κ2) is 11.1. The van der Waals surface area contributed by atoms with Crippen LogP contribution in [0.25, 0.3) is 10.9 Å². The van der Waals surface area contributed by atoms with E-state index < -0.39 is 17.7 Å². The second-order valence-corrected chi connectivity index (χ2v) is 9.37. The number of hydrogen-bond acceptors (Lipinski definition) is 2. The van der Waals surface area contributed by atoms with Gasteiger partial charge in [-0.2, -0.15) is 13.2 Å². The third-order valence-corrected chi connectivity index (χ3v) is 6.71. The number of nitrogens with one attached hydrogen (secondary N) is 1. The summed E-state index contributed by atoms with van der Waals surface area (Å²) in [7, 11) is 0. The molecule has 0 saturated heterocycles. The zero-order valence-electron chi connectivity index (χ0n) is 20.8. The zero-order chi connectivity index (χ0) is 27.4. The predicted octanol–water partition coefficient (Wildman–Crippen LogP) is 7.08. The molecule has 2 aromatic heterocycles. The summed E-state index contributed by atoms with van der Waals surface area (Å²) in [6.45, 7) is 0.716. The lowest BCUT2D eigenvalue weighted by Crippen LogP contribution is -2.25. The monoisotopic (exact) mass is 531 g/mol. The van der Waals surface area contributed by atoms with Crippen LogP contribution in [-0.2, 0) is 24.1 Å². The number of nitrogens with zero attached hydrogens (tertiary/aromatic N) is 2. The molecule has 1 atom stereocenters. The number of fused-ring (bicyclic) bond motifs is 1. The molecule has 0 aliphatic heterocycles. The number of hydrogen-bond donors (Lipinski definition) is 1. The maximum Gasteiger partial charge on any atom is 0.416 e. The molecule has 1 N–H and O–H groups in total. The number of carbonyl (C=O) groups is 1. The van der Waals surface area contributed by atoms with Gasteiger partial charge < -0.3 is 9.88 Å². The van der Waals surface area contributed by atoms with Gasteiger partial charge in [-0.3, -0.25) is 9.78 Å². The van der Waals surface area contributed by atoms with Crippen LogP contribution in [0, 0.1) is 5.82 Å². The Morgan fingerprint density at radius 3 is 2.38 bits per heavy atom. The number of aromatic nitrogens is 2. The smallest absolute Gasteiger partial charge is 0.352 e. The van der Waals surface area contributed by atoms with E-state index in [1.165, 1.54) is 18.2 Å². The van der Waals surface area contributed by atoms with E-state index in [0.29, 0.717) is 12.1 Å². The number of para-hydroxylation sites is 1. The van der Waals surface area contributed by atoms with Gasteiger partial charge in [0.05, 0.1) is 5.56 Å². The van der Waals surface area contributed by atoms with Crippen LogP contribution in [0.4, 0.5) is 17.6 Å². The molecule has 0 bridgehead atoms. The highest BCUT2D eigenvalue weighted by atomic mass is 19.4. The van der Waals surface area contributed by atoms with Gasteiger partial charge in [-0.1, -0.05) is 48.5 Å². The number of alkyl halides is 3. The molecule has 0 fully saturated rings. The first kappa shape index (κ1) is 26.2. The van der Waals surface area contributed by atoms with Crippen LogP contribution in [0.5, 0.6) is 0 Å². The van der Waals surface area contributed by atoms with Crippen molar-refractivity contribution in [1.29, 1.82) is 0 Å². The highest BCUT2D eigenvalue weighted by Gasteiger charge is 2.32. The summed E-state index contributed by atoms with van der Waals surface area (Å²) in [6.07, 6.45) is 0.582. The number of amides is 1. The number of rotatable bonds is 8. The van der Waals surface area contributed by atoms with Gasteiger partial charge in [-0.25, -0.2) is 4.39 Å². The Hall–Kier alpha value is -4.46. The maximum absolute atomic E-state index is 13.6.